The van der Waals surface area contributed by atoms with E-state index in [2.05, 4.69) is 4.79 Å². The van der Waals surface area contributed by atoms with Gasteiger partial charge in [0.25, 0.3) is 9.84 Å². The number of rotatable bonds is 3. The normalized spacial score (nSPS) is 16.9. The summed E-state index contributed by atoms with van der Waals surface area (Å²) in [6.07, 6.45) is 0.511. The molecule has 0 spiro atoms. The summed E-state index contributed by atoms with van der Waals surface area (Å²) >= 11 is 0. The Hall–Kier alpha value is -2.80. The van der Waals surface area contributed by atoms with Crippen molar-refractivity contribution < 1.29 is 22.7 Å². The maximum absolute atomic E-state index is 12.8. The smallest absolute Gasteiger partial charge is 0.360 e. The van der Waals surface area contributed by atoms with Crippen LogP contribution in [0.25, 0.3) is 5.53 Å². The number of hydrogen-bond acceptors (Lipinski definition) is 4. The van der Waals surface area contributed by atoms with E-state index in [9.17, 15) is 18.7 Å². The molecule has 1 atom stereocenters. The van der Waals surface area contributed by atoms with Crippen LogP contribution in [-0.2, 0) is 25.8 Å². The highest BCUT2D eigenvalue weighted by atomic mass is 32.2. The molecule has 7 nitrogen and oxygen atoms in total. The molecule has 0 aromatic heterocycles. The third kappa shape index (κ3) is 3.57. The molecule has 0 aliphatic carbocycles. The molecular formula is C18H17N3O4S. The van der Waals surface area contributed by atoms with E-state index in [4.69, 9.17) is 4.74 Å². The van der Waals surface area contributed by atoms with Gasteiger partial charge >= 0.3 is 11.0 Å². The summed E-state index contributed by atoms with van der Waals surface area (Å²) in [4.78, 5) is 16.7. The first-order chi connectivity index (χ1) is 12.5. The molecule has 1 fully saturated rings. The maximum atomic E-state index is 12.8. The molecule has 26 heavy (non-hydrogen) atoms. The van der Waals surface area contributed by atoms with E-state index in [1.54, 1.807) is 6.07 Å². The first-order valence-corrected chi connectivity index (χ1v) is 9.47. The summed E-state index contributed by atoms with van der Waals surface area (Å²) in [5.74, 6) is -0.880. The molecule has 2 aromatic carbocycles. The van der Waals surface area contributed by atoms with Crippen LogP contribution in [0.15, 0.2) is 65.6 Å². The van der Waals surface area contributed by atoms with Gasteiger partial charge in [-0.15, -0.1) is 4.79 Å². The molecule has 3 rings (SSSR count). The van der Waals surface area contributed by atoms with E-state index in [0.29, 0.717) is 6.42 Å². The summed E-state index contributed by atoms with van der Waals surface area (Å²) in [6.45, 7) is 0.227. The van der Waals surface area contributed by atoms with Crippen molar-refractivity contribution in [2.24, 2.45) is 0 Å². The van der Waals surface area contributed by atoms with Crippen LogP contribution >= 0.6 is 0 Å². The Balaban J connectivity index is 1.85. The summed E-state index contributed by atoms with van der Waals surface area (Å²) < 4.78 is 30.6. The van der Waals surface area contributed by atoms with E-state index in [0.717, 1.165) is 5.56 Å². The van der Waals surface area contributed by atoms with Crippen molar-refractivity contribution in [1.29, 1.82) is 0 Å². The summed E-state index contributed by atoms with van der Waals surface area (Å²) in [6, 6.07) is 16.6. The standard InChI is InChI=1S/C18H17N3O4S/c19-20-17(26(23,24)16-9-5-2-6-10-16)18(22)21-13-25-12-15(21)11-14-7-3-1-4-8-14/h1-10,15H,11-13H2. The molecule has 0 bridgehead atoms. The highest BCUT2D eigenvalue weighted by molar-refractivity contribution is 8.08. The van der Waals surface area contributed by atoms with Crippen molar-refractivity contribution in [3.05, 3.63) is 71.8 Å². The number of sulfone groups is 1. The van der Waals surface area contributed by atoms with Gasteiger partial charge in [-0.1, -0.05) is 48.5 Å². The molecule has 0 saturated carbocycles. The van der Waals surface area contributed by atoms with Gasteiger partial charge < -0.3 is 15.2 Å². The lowest BCUT2D eigenvalue weighted by Gasteiger charge is -2.20. The number of carbonyl (C=O) groups is 1. The van der Waals surface area contributed by atoms with E-state index >= 15 is 0 Å². The number of nitrogens with zero attached hydrogens (tertiary/aromatic N) is 3. The molecule has 1 saturated heterocycles. The topological polar surface area (TPSA) is 100 Å². The third-order valence-electron chi connectivity index (χ3n) is 4.14. The van der Waals surface area contributed by atoms with Crippen LogP contribution in [0.4, 0.5) is 0 Å². The maximum Gasteiger partial charge on any atom is 0.473 e. The Morgan fingerprint density at radius 2 is 1.73 bits per heavy atom. The lowest BCUT2D eigenvalue weighted by molar-refractivity contribution is -0.129. The monoisotopic (exact) mass is 371 g/mol. The van der Waals surface area contributed by atoms with Crippen LogP contribution in [-0.4, -0.2) is 48.4 Å². The van der Waals surface area contributed by atoms with Crippen LogP contribution in [0.2, 0.25) is 0 Å². The Kier molecular flexibility index (Phi) is 5.27. The molecule has 8 heteroatoms. The Morgan fingerprint density at radius 1 is 1.12 bits per heavy atom. The first kappa shape index (κ1) is 18.0. The van der Waals surface area contributed by atoms with Gasteiger partial charge in [-0.3, -0.25) is 4.79 Å². The van der Waals surface area contributed by atoms with Crippen LogP contribution < -0.4 is 0 Å². The molecule has 1 heterocycles. The van der Waals surface area contributed by atoms with Crippen molar-refractivity contribution in [2.45, 2.75) is 17.4 Å². The van der Waals surface area contributed by atoms with Gasteiger partial charge in [-0.05, 0) is 24.1 Å². The van der Waals surface area contributed by atoms with Gasteiger partial charge in [-0.2, -0.15) is 0 Å². The molecule has 1 aliphatic heterocycles. The molecule has 1 aliphatic rings. The van der Waals surface area contributed by atoms with Gasteiger partial charge in [0.05, 0.1) is 17.5 Å². The SMILES string of the molecule is [N-]=[N+]=C(C(=O)N1COCC1Cc1ccccc1)S(=O)(=O)c1ccccc1. The van der Waals surface area contributed by atoms with Crippen molar-refractivity contribution in [3.8, 4) is 0 Å². The fraction of sp³-hybridized carbons (Fsp3) is 0.222. The Morgan fingerprint density at radius 3 is 2.35 bits per heavy atom. The zero-order valence-corrected chi connectivity index (χ0v) is 14.7. The second-order valence-corrected chi connectivity index (χ2v) is 7.70. The molecule has 134 valence electrons. The van der Waals surface area contributed by atoms with Crippen molar-refractivity contribution >= 4 is 20.8 Å². The van der Waals surface area contributed by atoms with Gasteiger partial charge in [0.15, 0.2) is 0 Å². The van der Waals surface area contributed by atoms with Crippen molar-refractivity contribution in [1.82, 2.24) is 4.90 Å². The minimum absolute atomic E-state index is 0.0559. The van der Waals surface area contributed by atoms with E-state index in [1.807, 2.05) is 30.3 Å². The summed E-state index contributed by atoms with van der Waals surface area (Å²) in [5, 5.41) is -0.910. The summed E-state index contributed by atoms with van der Waals surface area (Å²) in [7, 11) is -4.23. The molecule has 2 aromatic rings. The van der Waals surface area contributed by atoms with Crippen molar-refractivity contribution in [2.75, 3.05) is 13.3 Å². The zero-order chi connectivity index (χ0) is 18.6. The van der Waals surface area contributed by atoms with Crippen LogP contribution in [0.3, 0.4) is 0 Å². The van der Waals surface area contributed by atoms with Gasteiger partial charge in [-0.25, -0.2) is 8.42 Å². The number of carbonyl (C=O) groups excluding carboxylic acids is 1. The number of ether oxygens (including phenoxy) is 1. The second kappa shape index (κ2) is 7.61. The Labute approximate surface area is 151 Å². The average Bonchev–Trinajstić information content (AvgIpc) is 3.11. The molecule has 0 N–H and O–H groups in total. The molecule has 0 radical (unpaired) electrons. The molecule has 1 amide bonds. The van der Waals surface area contributed by atoms with E-state index in [-0.39, 0.29) is 24.3 Å². The fourth-order valence-electron chi connectivity index (χ4n) is 2.81. The first-order valence-electron chi connectivity index (χ1n) is 7.99. The van der Waals surface area contributed by atoms with Gasteiger partial charge in [0, 0.05) is 0 Å². The fourth-order valence-corrected chi connectivity index (χ4v) is 4.00. The number of hydrogen-bond donors (Lipinski definition) is 0. The van der Waals surface area contributed by atoms with E-state index < -0.39 is 20.8 Å². The highest BCUT2D eigenvalue weighted by Gasteiger charge is 2.44. The molecule has 1 unspecified atom stereocenters. The quantitative estimate of drug-likeness (QED) is 0.353. The highest BCUT2D eigenvalue weighted by Crippen LogP contribution is 2.19. The third-order valence-corrected chi connectivity index (χ3v) is 5.80. The molecular weight excluding hydrogens is 354 g/mol. The Bertz CT molecular complexity index is 939. The van der Waals surface area contributed by atoms with Crippen molar-refractivity contribution in [3.63, 3.8) is 0 Å². The van der Waals surface area contributed by atoms with Crippen LogP contribution in [0.1, 0.15) is 5.56 Å². The zero-order valence-electron chi connectivity index (χ0n) is 13.9. The lowest BCUT2D eigenvalue weighted by Crippen LogP contribution is -2.44. The largest absolute Gasteiger partial charge is 0.473 e. The predicted octanol–water partition coefficient (Wildman–Crippen LogP) is 1.52. The second-order valence-electron chi connectivity index (χ2n) is 5.84. The van der Waals surface area contributed by atoms with Crippen LogP contribution in [0.5, 0.6) is 0 Å². The number of benzene rings is 2. The summed E-state index contributed by atoms with van der Waals surface area (Å²) in [5.41, 5.74) is 10.2. The minimum Gasteiger partial charge on any atom is -0.360 e. The van der Waals surface area contributed by atoms with Gasteiger partial charge in [0.2, 0.25) is 0 Å². The average molecular weight is 371 g/mol. The number of amides is 1. The van der Waals surface area contributed by atoms with E-state index in [1.165, 1.54) is 29.2 Å². The van der Waals surface area contributed by atoms with Gasteiger partial charge in [0.1, 0.15) is 6.73 Å². The minimum atomic E-state index is -4.23. The lowest BCUT2D eigenvalue weighted by atomic mass is 10.1. The van der Waals surface area contributed by atoms with Crippen LogP contribution in [0, 0.1) is 0 Å². The predicted molar refractivity (Wildman–Crippen MR) is 93.9 cm³/mol.